The van der Waals surface area contributed by atoms with Crippen LogP contribution in [0.5, 0.6) is 0 Å². The van der Waals surface area contributed by atoms with E-state index in [2.05, 4.69) is 16.9 Å². The van der Waals surface area contributed by atoms with Gasteiger partial charge in [-0.25, -0.2) is 23.1 Å². The number of aromatic nitrogens is 2. The van der Waals surface area contributed by atoms with Crippen LogP contribution in [0.3, 0.4) is 0 Å². The first-order valence-corrected chi connectivity index (χ1v) is 8.18. The lowest BCUT2D eigenvalue weighted by molar-refractivity contribution is 0.436. The van der Waals surface area contributed by atoms with Crippen molar-refractivity contribution in [1.29, 1.82) is 0 Å². The lowest BCUT2D eigenvalue weighted by atomic mass is 9.98. The number of nitrogens with zero attached hydrogens (tertiary/aromatic N) is 3. The van der Waals surface area contributed by atoms with Crippen LogP contribution < -0.4 is 4.90 Å². The molecular formula is C17H17ClF3N3. The molecular weight excluding hydrogens is 339 g/mol. The number of aryl methyl sites for hydroxylation is 1. The summed E-state index contributed by atoms with van der Waals surface area (Å²) in [5.41, 5.74) is -0.318. The quantitative estimate of drug-likeness (QED) is 0.727. The molecule has 24 heavy (non-hydrogen) atoms. The van der Waals surface area contributed by atoms with E-state index in [-0.39, 0.29) is 10.7 Å². The second-order valence-electron chi connectivity index (χ2n) is 6.17. The summed E-state index contributed by atoms with van der Waals surface area (Å²) in [6.45, 7) is 5.26. The van der Waals surface area contributed by atoms with Crippen molar-refractivity contribution in [2.75, 3.05) is 18.0 Å². The highest BCUT2D eigenvalue weighted by atomic mass is 35.5. The molecule has 0 bridgehead atoms. The van der Waals surface area contributed by atoms with E-state index in [1.165, 1.54) is 0 Å². The van der Waals surface area contributed by atoms with Crippen molar-refractivity contribution >= 4 is 17.4 Å². The van der Waals surface area contributed by atoms with Gasteiger partial charge in [-0.3, -0.25) is 0 Å². The molecule has 128 valence electrons. The Hall–Kier alpha value is -1.82. The molecule has 0 aliphatic carbocycles. The fraction of sp³-hybridized carbons (Fsp3) is 0.412. The maximum Gasteiger partial charge on any atom is 0.142 e. The van der Waals surface area contributed by atoms with Gasteiger partial charge in [0.25, 0.3) is 0 Å². The zero-order chi connectivity index (χ0) is 17.4. The first-order chi connectivity index (χ1) is 11.4. The van der Waals surface area contributed by atoms with E-state index in [9.17, 15) is 13.2 Å². The molecule has 0 amide bonds. The van der Waals surface area contributed by atoms with Crippen molar-refractivity contribution in [2.45, 2.75) is 26.7 Å². The van der Waals surface area contributed by atoms with Gasteiger partial charge in [0.05, 0.1) is 11.1 Å². The third-order valence-corrected chi connectivity index (χ3v) is 4.57. The normalized spacial score (nSPS) is 15.8. The molecule has 1 aromatic carbocycles. The van der Waals surface area contributed by atoms with E-state index in [0.717, 1.165) is 12.8 Å². The average Bonchev–Trinajstić information content (AvgIpc) is 2.49. The molecule has 0 radical (unpaired) electrons. The standard InChI is InChI=1S/C17H17ClF3N3/c1-9-3-5-24(6-4-9)17-15(16(18)22-10(2)23-17)14-12(20)7-11(19)8-13(14)21/h7-9H,3-6H2,1-2H3. The fourth-order valence-electron chi connectivity index (χ4n) is 2.97. The molecule has 7 heteroatoms. The Labute approximate surface area is 143 Å². The number of halogens is 4. The van der Waals surface area contributed by atoms with Gasteiger partial charge in [-0.1, -0.05) is 18.5 Å². The lowest BCUT2D eigenvalue weighted by Gasteiger charge is -2.32. The number of piperidine rings is 1. The highest BCUT2D eigenvalue weighted by Gasteiger charge is 2.27. The van der Waals surface area contributed by atoms with Crippen LogP contribution in [0.4, 0.5) is 19.0 Å². The summed E-state index contributed by atoms with van der Waals surface area (Å²) in [4.78, 5) is 10.3. The summed E-state index contributed by atoms with van der Waals surface area (Å²) in [6.07, 6.45) is 1.91. The van der Waals surface area contributed by atoms with E-state index in [0.29, 0.717) is 42.8 Å². The minimum atomic E-state index is -1.02. The first kappa shape index (κ1) is 17.0. The van der Waals surface area contributed by atoms with Gasteiger partial charge in [0.2, 0.25) is 0 Å². The number of benzene rings is 1. The van der Waals surface area contributed by atoms with Gasteiger partial charge >= 0.3 is 0 Å². The van der Waals surface area contributed by atoms with E-state index in [1.807, 2.05) is 4.90 Å². The van der Waals surface area contributed by atoms with Crippen LogP contribution in [0, 0.1) is 30.3 Å². The van der Waals surface area contributed by atoms with Gasteiger partial charge in [0, 0.05) is 25.2 Å². The lowest BCUT2D eigenvalue weighted by Crippen LogP contribution is -2.34. The average molecular weight is 356 g/mol. The van der Waals surface area contributed by atoms with Crippen molar-refractivity contribution < 1.29 is 13.2 Å². The Kier molecular flexibility index (Phi) is 4.67. The molecule has 2 heterocycles. The zero-order valence-electron chi connectivity index (χ0n) is 13.4. The topological polar surface area (TPSA) is 29.0 Å². The van der Waals surface area contributed by atoms with E-state index >= 15 is 0 Å². The van der Waals surface area contributed by atoms with Crippen LogP contribution in [0.15, 0.2) is 12.1 Å². The second-order valence-corrected chi connectivity index (χ2v) is 6.53. The summed E-state index contributed by atoms with van der Waals surface area (Å²) >= 11 is 6.20. The van der Waals surface area contributed by atoms with Gasteiger partial charge in [0.15, 0.2) is 0 Å². The number of hydrogen-bond acceptors (Lipinski definition) is 3. The molecule has 0 saturated carbocycles. The minimum absolute atomic E-state index is 0.0412. The molecule has 1 fully saturated rings. The van der Waals surface area contributed by atoms with Crippen molar-refractivity contribution in [3.63, 3.8) is 0 Å². The summed E-state index contributed by atoms with van der Waals surface area (Å²) < 4.78 is 41.8. The third-order valence-electron chi connectivity index (χ3n) is 4.30. The highest BCUT2D eigenvalue weighted by Crippen LogP contribution is 2.39. The smallest absolute Gasteiger partial charge is 0.142 e. The van der Waals surface area contributed by atoms with E-state index < -0.39 is 23.0 Å². The summed E-state index contributed by atoms with van der Waals surface area (Å²) in [5.74, 6) is -1.63. The highest BCUT2D eigenvalue weighted by molar-refractivity contribution is 6.32. The number of rotatable bonds is 2. The third kappa shape index (κ3) is 3.20. The van der Waals surface area contributed by atoms with E-state index in [1.54, 1.807) is 6.92 Å². The van der Waals surface area contributed by atoms with Crippen LogP contribution in [0.25, 0.3) is 11.1 Å². The Morgan fingerprint density at radius 3 is 2.21 bits per heavy atom. The molecule has 1 aliphatic heterocycles. The van der Waals surface area contributed by atoms with Gasteiger partial charge in [0.1, 0.15) is 34.2 Å². The Morgan fingerprint density at radius 2 is 1.62 bits per heavy atom. The maximum absolute atomic E-state index is 14.3. The van der Waals surface area contributed by atoms with Crippen molar-refractivity contribution in [2.24, 2.45) is 5.92 Å². The van der Waals surface area contributed by atoms with E-state index in [4.69, 9.17) is 11.6 Å². The molecule has 1 aromatic heterocycles. The van der Waals surface area contributed by atoms with Crippen LogP contribution in [0.2, 0.25) is 5.15 Å². The minimum Gasteiger partial charge on any atom is -0.356 e. The SMILES string of the molecule is Cc1nc(Cl)c(-c2c(F)cc(F)cc2F)c(N2CCC(C)CC2)n1. The molecule has 2 aromatic rings. The molecule has 3 rings (SSSR count). The summed E-state index contributed by atoms with van der Waals surface area (Å²) in [5, 5.41) is -0.0412. The molecule has 0 N–H and O–H groups in total. The van der Waals surface area contributed by atoms with Crippen LogP contribution >= 0.6 is 11.6 Å². The predicted molar refractivity (Wildman–Crippen MR) is 87.7 cm³/mol. The molecule has 1 aliphatic rings. The van der Waals surface area contributed by atoms with Crippen LogP contribution in [-0.4, -0.2) is 23.1 Å². The Morgan fingerprint density at radius 1 is 1.04 bits per heavy atom. The van der Waals surface area contributed by atoms with Crippen molar-refractivity contribution in [3.05, 3.63) is 40.6 Å². The summed E-state index contributed by atoms with van der Waals surface area (Å²) in [6, 6.07) is 1.27. The van der Waals surface area contributed by atoms with Crippen LogP contribution in [0.1, 0.15) is 25.6 Å². The molecule has 0 unspecified atom stereocenters. The van der Waals surface area contributed by atoms with Crippen molar-refractivity contribution in [1.82, 2.24) is 9.97 Å². The van der Waals surface area contributed by atoms with Gasteiger partial charge < -0.3 is 4.90 Å². The largest absolute Gasteiger partial charge is 0.356 e. The summed E-state index contributed by atoms with van der Waals surface area (Å²) in [7, 11) is 0. The van der Waals surface area contributed by atoms with Crippen molar-refractivity contribution in [3.8, 4) is 11.1 Å². The zero-order valence-corrected chi connectivity index (χ0v) is 14.2. The van der Waals surface area contributed by atoms with Gasteiger partial charge in [-0.15, -0.1) is 0 Å². The maximum atomic E-state index is 14.3. The van der Waals surface area contributed by atoms with Crippen LogP contribution in [-0.2, 0) is 0 Å². The van der Waals surface area contributed by atoms with Gasteiger partial charge in [-0.05, 0) is 25.7 Å². The molecule has 3 nitrogen and oxygen atoms in total. The predicted octanol–water partition coefficient (Wildman–Crippen LogP) is 4.76. The fourth-order valence-corrected chi connectivity index (χ4v) is 3.27. The number of anilines is 1. The molecule has 0 atom stereocenters. The second kappa shape index (κ2) is 6.59. The molecule has 1 saturated heterocycles. The van der Waals surface area contributed by atoms with Gasteiger partial charge in [-0.2, -0.15) is 0 Å². The monoisotopic (exact) mass is 355 g/mol. The Bertz CT molecular complexity index is 751. The number of hydrogen-bond donors (Lipinski definition) is 0. The Balaban J connectivity index is 2.18. The first-order valence-electron chi connectivity index (χ1n) is 7.80. The molecule has 0 spiro atoms.